The summed E-state index contributed by atoms with van der Waals surface area (Å²) < 4.78 is 10.9. The standard InChI is InChI=1S/C18H25ClN2O5/c1-2-25-10-11-26-16-14(19)4-3-5-15(16)21-18(24)20-13-8-6-12(7-9-13)17(22)23/h3-5,12-13H,2,6-11H2,1H3,(H,22,23)(H2,20,21,24). The van der Waals surface area contributed by atoms with Crippen LogP contribution in [-0.2, 0) is 9.53 Å². The average Bonchev–Trinajstić information content (AvgIpc) is 2.61. The molecular formula is C18H25ClN2O5. The van der Waals surface area contributed by atoms with E-state index < -0.39 is 5.97 Å². The highest BCUT2D eigenvalue weighted by molar-refractivity contribution is 6.32. The number of para-hydroxylation sites is 1. The van der Waals surface area contributed by atoms with Crippen LogP contribution in [-0.4, -0.2) is 43.0 Å². The number of ether oxygens (including phenoxy) is 2. The summed E-state index contributed by atoms with van der Waals surface area (Å²) in [6, 6.07) is 4.73. The quantitative estimate of drug-likeness (QED) is 0.596. The van der Waals surface area contributed by atoms with Crippen molar-refractivity contribution >= 4 is 29.3 Å². The number of nitrogens with one attached hydrogen (secondary N) is 2. The molecule has 0 saturated heterocycles. The minimum Gasteiger partial charge on any atom is -0.487 e. The molecule has 144 valence electrons. The minimum atomic E-state index is -0.763. The van der Waals surface area contributed by atoms with Gasteiger partial charge in [0.2, 0.25) is 0 Å². The molecule has 0 aliphatic heterocycles. The maximum absolute atomic E-state index is 12.3. The number of hydrogen-bond acceptors (Lipinski definition) is 4. The van der Waals surface area contributed by atoms with Crippen LogP contribution in [0.15, 0.2) is 18.2 Å². The van der Waals surface area contributed by atoms with E-state index in [-0.39, 0.29) is 18.0 Å². The first kappa shape index (κ1) is 20.3. The minimum absolute atomic E-state index is 0.0351. The molecular weight excluding hydrogens is 360 g/mol. The lowest BCUT2D eigenvalue weighted by Crippen LogP contribution is -2.41. The fraction of sp³-hybridized carbons (Fsp3) is 0.556. The summed E-state index contributed by atoms with van der Waals surface area (Å²) in [6.07, 6.45) is 2.45. The monoisotopic (exact) mass is 384 g/mol. The van der Waals surface area contributed by atoms with Crippen LogP contribution in [0.1, 0.15) is 32.6 Å². The second-order valence-electron chi connectivity index (χ2n) is 6.15. The molecule has 2 amide bonds. The number of hydrogen-bond donors (Lipinski definition) is 3. The molecule has 8 heteroatoms. The predicted molar refractivity (Wildman–Crippen MR) is 99.0 cm³/mol. The molecule has 1 fully saturated rings. The summed E-state index contributed by atoms with van der Waals surface area (Å²) in [4.78, 5) is 23.3. The zero-order chi connectivity index (χ0) is 18.9. The van der Waals surface area contributed by atoms with Crippen molar-refractivity contribution in [2.75, 3.05) is 25.1 Å². The highest BCUT2D eigenvalue weighted by atomic mass is 35.5. The summed E-state index contributed by atoms with van der Waals surface area (Å²) in [5.74, 6) is -0.673. The van der Waals surface area contributed by atoms with Gasteiger partial charge in [-0.2, -0.15) is 0 Å². The SMILES string of the molecule is CCOCCOc1c(Cl)cccc1NC(=O)NC1CCC(C(=O)O)CC1. The van der Waals surface area contributed by atoms with Crippen molar-refractivity contribution < 1.29 is 24.2 Å². The predicted octanol–water partition coefficient (Wildman–Crippen LogP) is 3.52. The van der Waals surface area contributed by atoms with Crippen molar-refractivity contribution in [2.24, 2.45) is 5.92 Å². The number of urea groups is 1. The van der Waals surface area contributed by atoms with Gasteiger partial charge in [0, 0.05) is 12.6 Å². The van der Waals surface area contributed by atoms with E-state index >= 15 is 0 Å². The molecule has 0 unspecified atom stereocenters. The summed E-state index contributed by atoms with van der Waals surface area (Å²) >= 11 is 6.17. The van der Waals surface area contributed by atoms with Crippen LogP contribution >= 0.6 is 11.6 Å². The lowest BCUT2D eigenvalue weighted by molar-refractivity contribution is -0.142. The molecule has 0 radical (unpaired) electrons. The third-order valence-corrected chi connectivity index (χ3v) is 4.60. The smallest absolute Gasteiger partial charge is 0.319 e. The molecule has 1 aliphatic rings. The summed E-state index contributed by atoms with van der Waals surface area (Å²) in [5.41, 5.74) is 0.478. The van der Waals surface area contributed by atoms with E-state index in [2.05, 4.69) is 10.6 Å². The van der Waals surface area contributed by atoms with Gasteiger partial charge in [0.25, 0.3) is 0 Å². The van der Waals surface area contributed by atoms with Gasteiger partial charge in [-0.15, -0.1) is 0 Å². The van der Waals surface area contributed by atoms with Gasteiger partial charge in [0.05, 0.1) is 23.2 Å². The van der Waals surface area contributed by atoms with Crippen molar-refractivity contribution in [3.05, 3.63) is 23.2 Å². The van der Waals surface area contributed by atoms with Gasteiger partial charge >= 0.3 is 12.0 Å². The Morgan fingerprint density at radius 2 is 1.96 bits per heavy atom. The number of carboxylic acid groups (broad SMARTS) is 1. The van der Waals surface area contributed by atoms with E-state index in [9.17, 15) is 9.59 Å². The fourth-order valence-electron chi connectivity index (χ4n) is 2.93. The number of aliphatic carboxylic acids is 1. The van der Waals surface area contributed by atoms with E-state index in [0.717, 1.165) is 0 Å². The van der Waals surface area contributed by atoms with Crippen molar-refractivity contribution in [2.45, 2.75) is 38.6 Å². The normalized spacial score (nSPS) is 19.6. The molecule has 0 aromatic heterocycles. The first-order valence-electron chi connectivity index (χ1n) is 8.80. The number of halogens is 1. The highest BCUT2D eigenvalue weighted by Crippen LogP contribution is 2.33. The van der Waals surface area contributed by atoms with E-state index in [4.69, 9.17) is 26.2 Å². The van der Waals surface area contributed by atoms with Crippen molar-refractivity contribution in [3.8, 4) is 5.75 Å². The van der Waals surface area contributed by atoms with Gasteiger partial charge in [-0.25, -0.2) is 4.79 Å². The Hall–Kier alpha value is -1.99. The van der Waals surface area contributed by atoms with Gasteiger partial charge in [0.1, 0.15) is 6.61 Å². The van der Waals surface area contributed by atoms with E-state index in [1.807, 2.05) is 6.92 Å². The molecule has 1 aromatic carbocycles. The second-order valence-corrected chi connectivity index (χ2v) is 6.55. The maximum atomic E-state index is 12.3. The Labute approximate surface area is 158 Å². The number of rotatable bonds is 8. The zero-order valence-corrected chi connectivity index (χ0v) is 15.6. The maximum Gasteiger partial charge on any atom is 0.319 e. The van der Waals surface area contributed by atoms with Crippen molar-refractivity contribution in [1.82, 2.24) is 5.32 Å². The number of carbonyl (C=O) groups excluding carboxylic acids is 1. The summed E-state index contributed by atoms with van der Waals surface area (Å²) in [7, 11) is 0. The highest BCUT2D eigenvalue weighted by Gasteiger charge is 2.26. The second kappa shape index (κ2) is 10.2. The third-order valence-electron chi connectivity index (χ3n) is 4.31. The van der Waals surface area contributed by atoms with Crippen LogP contribution in [0, 0.1) is 5.92 Å². The molecule has 0 bridgehead atoms. The van der Waals surface area contributed by atoms with E-state index in [0.29, 0.717) is 62.0 Å². The number of amides is 2. The molecule has 0 spiro atoms. The Kier molecular flexibility index (Phi) is 8.00. The number of carbonyl (C=O) groups is 2. The third kappa shape index (κ3) is 6.07. The lowest BCUT2D eigenvalue weighted by Gasteiger charge is -2.27. The summed E-state index contributed by atoms with van der Waals surface area (Å²) in [6.45, 7) is 3.26. The summed E-state index contributed by atoms with van der Waals surface area (Å²) in [5, 5.41) is 15.1. The Morgan fingerprint density at radius 1 is 1.23 bits per heavy atom. The van der Waals surface area contributed by atoms with Crippen LogP contribution in [0.2, 0.25) is 5.02 Å². The van der Waals surface area contributed by atoms with Gasteiger partial charge in [-0.1, -0.05) is 17.7 Å². The van der Waals surface area contributed by atoms with Crippen molar-refractivity contribution in [3.63, 3.8) is 0 Å². The zero-order valence-electron chi connectivity index (χ0n) is 14.8. The van der Waals surface area contributed by atoms with Crippen LogP contribution < -0.4 is 15.4 Å². The van der Waals surface area contributed by atoms with Gasteiger partial charge < -0.3 is 25.2 Å². The number of benzene rings is 1. The largest absolute Gasteiger partial charge is 0.487 e. The van der Waals surface area contributed by atoms with Gasteiger partial charge in [0.15, 0.2) is 5.75 Å². The molecule has 26 heavy (non-hydrogen) atoms. The molecule has 2 rings (SSSR count). The molecule has 0 heterocycles. The van der Waals surface area contributed by atoms with Crippen LogP contribution in [0.4, 0.5) is 10.5 Å². The van der Waals surface area contributed by atoms with Crippen LogP contribution in [0.3, 0.4) is 0 Å². The van der Waals surface area contributed by atoms with E-state index in [1.54, 1.807) is 18.2 Å². The number of anilines is 1. The molecule has 3 N–H and O–H groups in total. The average molecular weight is 385 g/mol. The molecule has 1 saturated carbocycles. The Balaban J connectivity index is 1.88. The first-order valence-corrected chi connectivity index (χ1v) is 9.18. The topological polar surface area (TPSA) is 96.9 Å². The van der Waals surface area contributed by atoms with Crippen molar-refractivity contribution in [1.29, 1.82) is 0 Å². The Bertz CT molecular complexity index is 618. The first-order chi connectivity index (χ1) is 12.5. The molecule has 0 atom stereocenters. The van der Waals surface area contributed by atoms with Gasteiger partial charge in [-0.05, 0) is 44.7 Å². The Morgan fingerprint density at radius 3 is 2.62 bits per heavy atom. The van der Waals surface area contributed by atoms with Gasteiger partial charge in [-0.3, -0.25) is 4.79 Å². The van der Waals surface area contributed by atoms with E-state index in [1.165, 1.54) is 0 Å². The molecule has 1 aromatic rings. The van der Waals surface area contributed by atoms with Crippen LogP contribution in [0.25, 0.3) is 0 Å². The number of carboxylic acids is 1. The molecule has 7 nitrogen and oxygen atoms in total. The molecule has 1 aliphatic carbocycles. The lowest BCUT2D eigenvalue weighted by atomic mass is 9.86. The fourth-order valence-corrected chi connectivity index (χ4v) is 3.16. The van der Waals surface area contributed by atoms with Crippen LogP contribution in [0.5, 0.6) is 5.75 Å².